The number of allylic oxidation sites excluding steroid dienone is 2. The van der Waals surface area contributed by atoms with Crippen LogP contribution in [0.15, 0.2) is 95.7 Å². The molecule has 10 atom stereocenters. The fraction of sp³-hybridized carbons (Fsp3) is 0.641. The Morgan fingerprint density at radius 2 is 1.50 bits per heavy atom. The predicted octanol–water partition coefficient (Wildman–Crippen LogP) is 14.7. The van der Waals surface area contributed by atoms with Gasteiger partial charge in [0, 0.05) is 25.0 Å². The van der Waals surface area contributed by atoms with E-state index in [1.54, 1.807) is 19.8 Å². The van der Waals surface area contributed by atoms with Crippen LogP contribution in [0, 0.1) is 58.2 Å². The Hall–Kier alpha value is -4.30. The Morgan fingerprint density at radius 3 is 2.13 bits per heavy atom. The normalized spacial score (nSPS) is 26.8. The number of rotatable bonds is 25. The lowest BCUT2D eigenvalue weighted by atomic mass is 9.50. The summed E-state index contributed by atoms with van der Waals surface area (Å²) in [6.45, 7) is 19.4. The Balaban J connectivity index is 0.981. The smallest absolute Gasteiger partial charge is 0.259 e. The number of benzene rings is 3. The number of hydrogen-bond donors (Lipinski definition) is 0. The summed E-state index contributed by atoms with van der Waals surface area (Å²) in [4.78, 5) is 22.8. The summed E-state index contributed by atoms with van der Waals surface area (Å²) in [5, 5.41) is 14.2. The molecule has 1 heterocycles. The molecule has 0 bridgehead atoms. The monoisotopic (exact) mass is 1060 g/mol. The third kappa shape index (κ3) is 13.1. The lowest BCUT2D eigenvalue weighted by Gasteiger charge is -2.55. The van der Waals surface area contributed by atoms with Crippen LogP contribution in [-0.2, 0) is 29.0 Å². The zero-order chi connectivity index (χ0) is 54.0. The van der Waals surface area contributed by atoms with E-state index >= 15 is 0 Å². The van der Waals surface area contributed by atoms with Gasteiger partial charge in [-0.1, -0.05) is 118 Å². The van der Waals surface area contributed by atoms with E-state index in [2.05, 4.69) is 109 Å². The maximum Gasteiger partial charge on any atom is 0.259 e. The van der Waals surface area contributed by atoms with Crippen molar-refractivity contribution < 1.29 is 32.9 Å². The second-order valence-corrected chi connectivity index (χ2v) is 25.5. The van der Waals surface area contributed by atoms with Crippen molar-refractivity contribution in [3.8, 4) is 17.6 Å². The van der Waals surface area contributed by atoms with Crippen LogP contribution in [0.25, 0.3) is 0 Å². The van der Waals surface area contributed by atoms with Gasteiger partial charge in [-0.2, -0.15) is 5.26 Å². The van der Waals surface area contributed by atoms with Crippen LogP contribution in [0.2, 0.25) is 0 Å². The van der Waals surface area contributed by atoms with Gasteiger partial charge in [-0.15, -0.1) is 0 Å². The van der Waals surface area contributed by atoms with Crippen molar-refractivity contribution in [2.75, 3.05) is 40.6 Å². The van der Waals surface area contributed by atoms with Gasteiger partial charge in [0.05, 0.1) is 64.2 Å². The Bertz CT molecular complexity index is 2370. The zero-order valence-corrected chi connectivity index (χ0v) is 48.6. The van der Waals surface area contributed by atoms with Crippen LogP contribution in [0.4, 0.5) is 0 Å². The first kappa shape index (κ1) is 57.9. The number of oxime groups is 1. The third-order valence-corrected chi connectivity index (χ3v) is 20.5. The summed E-state index contributed by atoms with van der Waals surface area (Å²) < 4.78 is 34.2. The molecular formula is C64H91N4O7P. The molecule has 1 aliphatic heterocycles. The fourth-order valence-electron chi connectivity index (χ4n) is 14.6. The second-order valence-electron chi connectivity index (χ2n) is 24.0. The van der Waals surface area contributed by atoms with Crippen LogP contribution in [0.3, 0.4) is 0 Å². The highest BCUT2D eigenvalue weighted by molar-refractivity contribution is 7.44. The van der Waals surface area contributed by atoms with Crippen molar-refractivity contribution in [3.63, 3.8) is 0 Å². The van der Waals surface area contributed by atoms with Crippen molar-refractivity contribution in [3.05, 3.63) is 107 Å². The highest BCUT2D eigenvalue weighted by Gasteiger charge is 2.54. The van der Waals surface area contributed by atoms with Crippen LogP contribution < -0.4 is 9.47 Å². The third-order valence-electron chi connectivity index (χ3n) is 18.4. The van der Waals surface area contributed by atoms with Gasteiger partial charge < -0.3 is 33.0 Å². The number of nitriles is 1. The largest absolute Gasteiger partial charge is 0.497 e. The summed E-state index contributed by atoms with van der Waals surface area (Å²) in [7, 11) is 1.79. The number of likely N-dealkylation sites (tertiary alicyclic amines) is 1. The lowest BCUT2D eigenvalue weighted by Crippen LogP contribution is -2.47. The van der Waals surface area contributed by atoms with Crippen molar-refractivity contribution >= 4 is 20.1 Å². The summed E-state index contributed by atoms with van der Waals surface area (Å²) >= 11 is 0. The molecule has 0 radical (unpaired) electrons. The number of nitrogens with zero attached hydrogens (tertiary/aromatic N) is 4. The van der Waals surface area contributed by atoms with E-state index in [1.807, 2.05) is 47.4 Å². The Labute approximate surface area is 458 Å². The number of carbonyl (C=O) groups excluding carboxylic acids is 1. The minimum atomic E-state index is -1.55. The molecule has 0 N–H and O–H groups in total. The minimum absolute atomic E-state index is 0.0367. The van der Waals surface area contributed by atoms with Gasteiger partial charge in [0.15, 0.2) is 0 Å². The molecular weight excluding hydrogens is 968 g/mol. The molecule has 5 aliphatic rings. The topological polar surface area (TPSA) is 115 Å². The highest BCUT2D eigenvalue weighted by atomic mass is 31.2. The number of ether oxygens (including phenoxy) is 3. The molecule has 0 spiro atoms. The van der Waals surface area contributed by atoms with Crippen LogP contribution in [-0.4, -0.2) is 86.0 Å². The van der Waals surface area contributed by atoms with Gasteiger partial charge in [-0.25, -0.2) is 4.67 Å². The molecule has 8 rings (SSSR count). The van der Waals surface area contributed by atoms with E-state index in [-0.39, 0.29) is 68.2 Å². The zero-order valence-electron chi connectivity index (χ0n) is 47.8. The summed E-state index contributed by atoms with van der Waals surface area (Å²) in [5.41, 5.74) is 4.61. The molecule has 1 amide bonds. The standard InChI is InChI=1S/C64H91N4O7P/c1-44(2)16-14-17-47(7)57-30-31-59-58(57)32-33-61-60(59)29-24-51-40-52(34-36-63(51,61)8)66-73-39-35-62(69)67-42-56(75-76(74-38-15-37-65)68(45(3)4)46(5)6)41-53(67)43-72-64(48-18-12-11-13-19-48,49-20-25-54(70-9)26-21-49)50-22-27-55(71-10)28-23-50/h11-13,18-28,44-47,53,56-61H,14-17,29-36,38-43H2,1-10H3/b66-52+/t47-,53+,56-,57-,58?,59?,60?,61?,63+,76?/m1/s1. The lowest BCUT2D eigenvalue weighted by molar-refractivity contribution is -0.135. The van der Waals surface area contributed by atoms with E-state index in [4.69, 9.17) is 33.3 Å². The average Bonchev–Trinajstić information content (AvgIpc) is 4.09. The van der Waals surface area contributed by atoms with E-state index in [1.165, 1.54) is 51.4 Å². The summed E-state index contributed by atoms with van der Waals surface area (Å²) in [5.74, 6) is 7.40. The number of carbonyl (C=O) groups is 1. The SMILES string of the molecule is COc1ccc(C(OC[C@@H]2C[C@@H](OP(OCCC#N)N(C(C)C)C(C)C)CN2C(=O)CCO/N=C2\CC[C@@]3(C)C(=CCC4C5CC[C@H]([C@H](C)CCCC(C)C)C5CCC43)C2)(c2ccccc2)c2ccc(OC)cc2)cc1. The van der Waals surface area contributed by atoms with Crippen molar-refractivity contribution in [1.29, 1.82) is 5.26 Å². The first-order valence-corrected chi connectivity index (χ1v) is 30.2. The van der Waals surface area contributed by atoms with Crippen molar-refractivity contribution in [1.82, 2.24) is 9.57 Å². The van der Waals surface area contributed by atoms with E-state index in [0.29, 0.717) is 13.0 Å². The Morgan fingerprint density at radius 1 is 0.842 bits per heavy atom. The maximum absolute atomic E-state index is 14.7. The molecule has 0 aromatic heterocycles. The van der Waals surface area contributed by atoms with E-state index < -0.39 is 14.1 Å². The maximum atomic E-state index is 14.7. The molecule has 414 valence electrons. The van der Waals surface area contributed by atoms with Crippen molar-refractivity contribution in [2.24, 2.45) is 52.0 Å². The first-order valence-electron chi connectivity index (χ1n) is 29.1. The van der Waals surface area contributed by atoms with Crippen LogP contribution >= 0.6 is 8.53 Å². The molecule has 76 heavy (non-hydrogen) atoms. The fourth-order valence-corrected chi connectivity index (χ4v) is 16.3. The van der Waals surface area contributed by atoms with Crippen LogP contribution in [0.5, 0.6) is 11.5 Å². The molecule has 4 aliphatic carbocycles. The van der Waals surface area contributed by atoms with Crippen LogP contribution in [0.1, 0.15) is 162 Å². The first-order chi connectivity index (χ1) is 36.7. The predicted molar refractivity (Wildman–Crippen MR) is 305 cm³/mol. The minimum Gasteiger partial charge on any atom is -0.497 e. The number of methoxy groups -OCH3 is 2. The quantitative estimate of drug-likeness (QED) is 0.0269. The molecule has 3 saturated carbocycles. The van der Waals surface area contributed by atoms with Gasteiger partial charge in [-0.3, -0.25) is 4.79 Å². The van der Waals surface area contributed by atoms with Gasteiger partial charge in [0.1, 0.15) is 23.7 Å². The van der Waals surface area contributed by atoms with Gasteiger partial charge in [0.25, 0.3) is 8.53 Å². The summed E-state index contributed by atoms with van der Waals surface area (Å²) in [6.07, 6.45) is 17.2. The second kappa shape index (κ2) is 26.6. The molecule has 3 aromatic rings. The molecule has 12 heteroatoms. The molecule has 4 fully saturated rings. The number of fused-ring (bicyclic) bond motifs is 5. The summed E-state index contributed by atoms with van der Waals surface area (Å²) in [6, 6.07) is 28.4. The van der Waals surface area contributed by atoms with Gasteiger partial charge in [0.2, 0.25) is 5.91 Å². The average molecular weight is 1060 g/mol. The van der Waals surface area contributed by atoms with Crippen molar-refractivity contribution in [2.45, 2.75) is 175 Å². The molecule has 3 aromatic carbocycles. The molecule has 5 unspecified atom stereocenters. The van der Waals surface area contributed by atoms with Gasteiger partial charge >= 0.3 is 0 Å². The highest BCUT2D eigenvalue weighted by Crippen LogP contribution is 2.63. The molecule has 11 nitrogen and oxygen atoms in total. The Kier molecular flexibility index (Phi) is 20.2. The number of amides is 1. The van der Waals surface area contributed by atoms with Gasteiger partial charge in [-0.05, 0) is 167 Å². The van der Waals surface area contributed by atoms with E-state index in [0.717, 1.165) is 94.6 Å². The molecule has 1 saturated heterocycles. The number of hydrogen-bond acceptors (Lipinski definition) is 10. The van der Waals surface area contributed by atoms with E-state index in [9.17, 15) is 10.1 Å².